The van der Waals surface area contributed by atoms with Crippen LogP contribution in [0.3, 0.4) is 0 Å². The number of carbonyl (C=O) groups is 4. The van der Waals surface area contributed by atoms with E-state index in [1.165, 1.54) is 19.2 Å². The summed E-state index contributed by atoms with van der Waals surface area (Å²) in [7, 11) is 1.23. The number of hydrogen-bond donors (Lipinski definition) is 1. The van der Waals surface area contributed by atoms with Crippen LogP contribution in [0.1, 0.15) is 41.8 Å². The number of ether oxygens (including phenoxy) is 2. The van der Waals surface area contributed by atoms with Gasteiger partial charge in [0.15, 0.2) is 0 Å². The van der Waals surface area contributed by atoms with Crippen molar-refractivity contribution in [3.05, 3.63) is 65.4 Å². The fourth-order valence-corrected chi connectivity index (χ4v) is 3.74. The molecule has 1 atom stereocenters. The second-order valence-corrected chi connectivity index (χ2v) is 7.57. The summed E-state index contributed by atoms with van der Waals surface area (Å²) in [6.45, 7) is 3.60. The number of imide groups is 1. The van der Waals surface area contributed by atoms with Crippen LogP contribution in [0.15, 0.2) is 52.7 Å². The fraction of sp³-hybridized carbons (Fsp3) is 0.250. The zero-order valence-corrected chi connectivity index (χ0v) is 18.9. The van der Waals surface area contributed by atoms with Crippen molar-refractivity contribution in [3.63, 3.8) is 0 Å². The van der Waals surface area contributed by atoms with E-state index in [4.69, 9.17) is 9.15 Å². The quantitative estimate of drug-likeness (QED) is 0.323. The Morgan fingerprint density at radius 3 is 2.68 bits per heavy atom. The molecule has 3 amide bonds. The minimum absolute atomic E-state index is 0.0242. The molecule has 0 aliphatic carbocycles. The van der Waals surface area contributed by atoms with Crippen molar-refractivity contribution in [2.45, 2.75) is 26.4 Å². The number of benzene rings is 1. The minimum atomic E-state index is -0.655. The van der Waals surface area contributed by atoms with Crippen LogP contribution in [-0.2, 0) is 25.6 Å². The third-order valence-electron chi connectivity index (χ3n) is 5.44. The highest BCUT2D eigenvalue weighted by atomic mass is 16.5. The van der Waals surface area contributed by atoms with Crippen LogP contribution in [0.25, 0.3) is 17.0 Å². The molecule has 10 nitrogen and oxygen atoms in total. The van der Waals surface area contributed by atoms with Gasteiger partial charge in [0.2, 0.25) is 5.76 Å². The van der Waals surface area contributed by atoms with Crippen LogP contribution >= 0.6 is 0 Å². The van der Waals surface area contributed by atoms with Crippen molar-refractivity contribution < 1.29 is 33.1 Å². The number of methoxy groups -OCH3 is 1. The summed E-state index contributed by atoms with van der Waals surface area (Å²) in [6, 6.07) is 9.15. The van der Waals surface area contributed by atoms with Gasteiger partial charge in [-0.2, -0.15) is 0 Å². The first-order chi connectivity index (χ1) is 16.3. The zero-order chi connectivity index (χ0) is 24.4. The monoisotopic (exact) mass is 465 g/mol. The van der Waals surface area contributed by atoms with E-state index in [0.717, 1.165) is 15.8 Å². The number of furan rings is 1. The molecular weight excluding hydrogens is 442 g/mol. The van der Waals surface area contributed by atoms with Gasteiger partial charge in [0.05, 0.1) is 20.3 Å². The van der Waals surface area contributed by atoms with Gasteiger partial charge < -0.3 is 23.8 Å². The summed E-state index contributed by atoms with van der Waals surface area (Å²) in [5.41, 5.74) is 1.52. The molecule has 4 rings (SSSR count). The Morgan fingerprint density at radius 1 is 1.18 bits per heavy atom. The van der Waals surface area contributed by atoms with Crippen molar-refractivity contribution in [2.75, 3.05) is 13.7 Å². The molecule has 1 aliphatic rings. The summed E-state index contributed by atoms with van der Waals surface area (Å²) < 4.78 is 16.9. The van der Waals surface area contributed by atoms with Crippen LogP contribution < -0.4 is 5.32 Å². The van der Waals surface area contributed by atoms with E-state index < -0.39 is 23.9 Å². The Morgan fingerprint density at radius 2 is 1.94 bits per heavy atom. The molecule has 1 N–H and O–H groups in total. The molecule has 2 aromatic heterocycles. The van der Waals surface area contributed by atoms with Crippen LogP contribution in [0.2, 0.25) is 0 Å². The number of hydrogen-bond acceptors (Lipinski definition) is 7. The molecule has 10 heteroatoms. The predicted molar refractivity (Wildman–Crippen MR) is 120 cm³/mol. The molecule has 1 saturated heterocycles. The second-order valence-electron chi connectivity index (χ2n) is 7.57. The third-order valence-corrected chi connectivity index (χ3v) is 5.44. The first kappa shape index (κ1) is 22.8. The first-order valence-electron chi connectivity index (χ1n) is 10.6. The minimum Gasteiger partial charge on any atom is -0.464 e. The van der Waals surface area contributed by atoms with Gasteiger partial charge in [-0.25, -0.2) is 14.4 Å². The third kappa shape index (κ3) is 4.17. The maximum absolute atomic E-state index is 13.0. The summed E-state index contributed by atoms with van der Waals surface area (Å²) in [5, 5.41) is 3.38. The number of nitrogens with zero attached hydrogens (tertiary/aromatic N) is 2. The number of aromatic nitrogens is 1. The Kier molecular flexibility index (Phi) is 6.22. The molecule has 0 radical (unpaired) electrons. The van der Waals surface area contributed by atoms with E-state index >= 15 is 0 Å². The topological polar surface area (TPSA) is 120 Å². The maximum atomic E-state index is 13.0. The average Bonchev–Trinajstić information content (AvgIpc) is 3.52. The Labute approximate surface area is 194 Å². The summed E-state index contributed by atoms with van der Waals surface area (Å²) in [4.78, 5) is 50.3. The van der Waals surface area contributed by atoms with Crippen molar-refractivity contribution in [2.24, 2.45) is 0 Å². The van der Waals surface area contributed by atoms with Gasteiger partial charge in [-0.05, 0) is 38.1 Å². The Bertz CT molecular complexity index is 1320. The highest BCUT2D eigenvalue weighted by molar-refractivity contribution is 6.14. The molecule has 0 saturated carbocycles. The standard InChI is InChI=1S/C24H23N3O7/c1-4-33-22(29)14(2)26-12-15(17-7-5-6-8-19(17)26)11-18-21(28)27(24(31)25-18)13-16-9-10-20(34-16)23(30)32-3/h5-12,14H,4,13H2,1-3H3,(H,25,31). The van der Waals surface area contributed by atoms with E-state index in [1.54, 1.807) is 30.7 Å². The Balaban J connectivity index is 1.62. The lowest BCUT2D eigenvalue weighted by atomic mass is 10.1. The van der Waals surface area contributed by atoms with Gasteiger partial charge in [-0.15, -0.1) is 0 Å². The maximum Gasteiger partial charge on any atom is 0.373 e. The molecule has 0 spiro atoms. The molecule has 34 heavy (non-hydrogen) atoms. The number of amides is 3. The van der Waals surface area contributed by atoms with Gasteiger partial charge in [-0.1, -0.05) is 18.2 Å². The zero-order valence-electron chi connectivity index (χ0n) is 18.9. The van der Waals surface area contributed by atoms with Gasteiger partial charge in [-0.3, -0.25) is 9.69 Å². The molecule has 3 aromatic rings. The normalized spacial score (nSPS) is 15.6. The van der Waals surface area contributed by atoms with E-state index in [9.17, 15) is 19.2 Å². The van der Waals surface area contributed by atoms with E-state index in [0.29, 0.717) is 5.56 Å². The van der Waals surface area contributed by atoms with Crippen molar-refractivity contribution in [3.8, 4) is 0 Å². The highest BCUT2D eigenvalue weighted by Gasteiger charge is 2.34. The number of esters is 2. The number of rotatable bonds is 7. The fourth-order valence-electron chi connectivity index (χ4n) is 3.74. The van der Waals surface area contributed by atoms with Gasteiger partial charge >= 0.3 is 18.0 Å². The van der Waals surface area contributed by atoms with Gasteiger partial charge in [0, 0.05) is 22.7 Å². The van der Waals surface area contributed by atoms with Crippen molar-refractivity contribution in [1.82, 2.24) is 14.8 Å². The van der Waals surface area contributed by atoms with Crippen molar-refractivity contribution in [1.29, 1.82) is 0 Å². The lowest BCUT2D eigenvalue weighted by Crippen LogP contribution is -2.30. The molecular formula is C24H23N3O7. The van der Waals surface area contributed by atoms with E-state index in [1.807, 2.05) is 24.3 Å². The largest absolute Gasteiger partial charge is 0.464 e. The number of carbonyl (C=O) groups excluding carboxylic acids is 4. The number of para-hydroxylation sites is 1. The van der Waals surface area contributed by atoms with Crippen molar-refractivity contribution >= 4 is 40.9 Å². The summed E-state index contributed by atoms with van der Waals surface area (Å²) >= 11 is 0. The molecule has 1 unspecified atom stereocenters. The molecule has 3 heterocycles. The Hall–Kier alpha value is -4.34. The van der Waals surface area contributed by atoms with Crippen LogP contribution in [0.5, 0.6) is 0 Å². The number of fused-ring (bicyclic) bond motifs is 1. The van der Waals surface area contributed by atoms with Crippen LogP contribution in [0, 0.1) is 0 Å². The SMILES string of the molecule is CCOC(=O)C(C)n1cc(C=C2NC(=O)N(Cc3ccc(C(=O)OC)o3)C2=O)c2ccccc21. The molecule has 1 aromatic carbocycles. The summed E-state index contributed by atoms with van der Waals surface area (Å²) in [5.74, 6) is -1.34. The van der Waals surface area contributed by atoms with E-state index in [2.05, 4.69) is 10.1 Å². The lowest BCUT2D eigenvalue weighted by molar-refractivity contribution is -0.146. The molecule has 1 aliphatic heterocycles. The summed E-state index contributed by atoms with van der Waals surface area (Å²) in [6.07, 6.45) is 3.31. The van der Waals surface area contributed by atoms with Gasteiger partial charge in [0.25, 0.3) is 5.91 Å². The van der Waals surface area contributed by atoms with Crippen LogP contribution in [-0.4, -0.2) is 47.1 Å². The number of urea groups is 1. The molecule has 1 fully saturated rings. The van der Waals surface area contributed by atoms with Gasteiger partial charge in [0.1, 0.15) is 17.5 Å². The van der Waals surface area contributed by atoms with Crippen LogP contribution in [0.4, 0.5) is 4.79 Å². The lowest BCUT2D eigenvalue weighted by Gasteiger charge is -2.13. The molecule has 176 valence electrons. The molecule has 0 bridgehead atoms. The predicted octanol–water partition coefficient (Wildman–Crippen LogP) is 3.24. The second kappa shape index (κ2) is 9.26. The first-order valence-corrected chi connectivity index (χ1v) is 10.6. The smallest absolute Gasteiger partial charge is 0.373 e. The average molecular weight is 465 g/mol. The van der Waals surface area contributed by atoms with E-state index in [-0.39, 0.29) is 36.3 Å². The highest BCUT2D eigenvalue weighted by Crippen LogP contribution is 2.28. The number of nitrogens with one attached hydrogen (secondary N) is 1.